The second-order valence-electron chi connectivity index (χ2n) is 6.08. The molecule has 0 saturated carbocycles. The molecule has 2 aromatic rings. The fourth-order valence-electron chi connectivity index (χ4n) is 2.92. The lowest BCUT2D eigenvalue weighted by atomic mass is 10.2. The number of nitriles is 1. The van der Waals surface area contributed by atoms with Crippen molar-refractivity contribution < 1.29 is 9.53 Å². The van der Waals surface area contributed by atoms with Crippen molar-refractivity contribution in [2.24, 2.45) is 0 Å². The highest BCUT2D eigenvalue weighted by Crippen LogP contribution is 2.19. The van der Waals surface area contributed by atoms with Gasteiger partial charge in [0.05, 0.1) is 24.0 Å². The van der Waals surface area contributed by atoms with Crippen molar-refractivity contribution in [3.63, 3.8) is 0 Å². The summed E-state index contributed by atoms with van der Waals surface area (Å²) in [4.78, 5) is 14.2. The lowest BCUT2D eigenvalue weighted by Crippen LogP contribution is -2.38. The van der Waals surface area contributed by atoms with E-state index in [1.165, 1.54) is 0 Å². The normalized spacial score (nSPS) is 14.3. The Kier molecular flexibility index (Phi) is 5.00. The summed E-state index contributed by atoms with van der Waals surface area (Å²) < 4.78 is 7.68. The molecule has 0 fully saturated rings. The molecule has 0 bridgehead atoms. The predicted octanol–water partition coefficient (Wildman–Crippen LogP) is 1.28. The van der Waals surface area contributed by atoms with Gasteiger partial charge in [0, 0.05) is 32.2 Å². The third-order valence-corrected chi connectivity index (χ3v) is 4.27. The Morgan fingerprint density at radius 1 is 1.52 bits per heavy atom. The van der Waals surface area contributed by atoms with Gasteiger partial charge in [-0.05, 0) is 19.1 Å². The van der Waals surface area contributed by atoms with Crippen molar-refractivity contribution >= 4 is 5.91 Å². The van der Waals surface area contributed by atoms with Crippen LogP contribution in [0.3, 0.4) is 0 Å². The van der Waals surface area contributed by atoms with Crippen LogP contribution in [0.15, 0.2) is 30.5 Å². The minimum Gasteiger partial charge on any atom is -0.480 e. The van der Waals surface area contributed by atoms with Crippen LogP contribution in [-0.2, 0) is 24.4 Å². The number of fused-ring (bicyclic) bond motifs is 1. The zero-order valence-corrected chi connectivity index (χ0v) is 14.4. The average Bonchev–Trinajstić information content (AvgIpc) is 3.04. The Labute approximate surface area is 146 Å². The van der Waals surface area contributed by atoms with Crippen LogP contribution in [0.2, 0.25) is 0 Å². The van der Waals surface area contributed by atoms with Gasteiger partial charge in [0.25, 0.3) is 5.91 Å². The number of carbonyl (C=O) groups is 1. The number of ether oxygens (including phenoxy) is 1. The summed E-state index contributed by atoms with van der Waals surface area (Å²) in [5.74, 6) is 0.280. The van der Waals surface area contributed by atoms with E-state index in [0.717, 1.165) is 30.9 Å². The molecule has 2 heterocycles. The molecule has 7 heteroatoms. The minimum atomic E-state index is -0.677. The summed E-state index contributed by atoms with van der Waals surface area (Å²) >= 11 is 0. The summed E-state index contributed by atoms with van der Waals surface area (Å²) in [5.41, 5.74) is 2.57. The van der Waals surface area contributed by atoms with Crippen molar-refractivity contribution in [3.8, 4) is 11.8 Å². The highest BCUT2D eigenvalue weighted by atomic mass is 16.5. The number of rotatable bonds is 5. The second kappa shape index (κ2) is 7.36. The molecule has 1 atom stereocenters. The minimum absolute atomic E-state index is 0.142. The number of aromatic nitrogens is 2. The lowest BCUT2D eigenvalue weighted by molar-refractivity contribution is -0.137. The summed E-state index contributed by atoms with van der Waals surface area (Å²) in [6.45, 7) is 4.69. The molecule has 7 nitrogen and oxygen atoms in total. The molecule has 1 unspecified atom stereocenters. The second-order valence-corrected chi connectivity index (χ2v) is 6.08. The Bertz CT molecular complexity index is 808. The van der Waals surface area contributed by atoms with Crippen molar-refractivity contribution in [3.05, 3.63) is 47.3 Å². The van der Waals surface area contributed by atoms with E-state index in [-0.39, 0.29) is 5.91 Å². The molecule has 3 rings (SSSR count). The quantitative estimate of drug-likeness (QED) is 0.887. The highest BCUT2D eigenvalue weighted by molar-refractivity contribution is 5.80. The first-order valence-corrected chi connectivity index (χ1v) is 8.25. The van der Waals surface area contributed by atoms with Gasteiger partial charge in [-0.1, -0.05) is 12.1 Å². The van der Waals surface area contributed by atoms with E-state index in [0.29, 0.717) is 17.9 Å². The highest BCUT2D eigenvalue weighted by Gasteiger charge is 2.23. The maximum atomic E-state index is 12.6. The molecule has 0 saturated heterocycles. The number of likely N-dealkylation sites (N-methyl/N-ethyl adjacent to an activating group) is 1. The van der Waals surface area contributed by atoms with Crippen molar-refractivity contribution in [2.75, 3.05) is 13.6 Å². The van der Waals surface area contributed by atoms with E-state index in [1.54, 1.807) is 43.1 Å². The first kappa shape index (κ1) is 17.0. The summed E-state index contributed by atoms with van der Waals surface area (Å²) in [5, 5.41) is 16.8. The van der Waals surface area contributed by atoms with E-state index in [1.807, 2.05) is 10.9 Å². The number of hydrogen-bond acceptors (Lipinski definition) is 5. The molecule has 0 aliphatic carbocycles. The predicted molar refractivity (Wildman–Crippen MR) is 91.7 cm³/mol. The average molecular weight is 339 g/mol. The molecule has 1 aromatic carbocycles. The molecule has 0 spiro atoms. The molecule has 1 aromatic heterocycles. The van der Waals surface area contributed by atoms with Gasteiger partial charge >= 0.3 is 0 Å². The van der Waals surface area contributed by atoms with Gasteiger partial charge in [-0.3, -0.25) is 9.48 Å². The molecule has 25 heavy (non-hydrogen) atoms. The van der Waals surface area contributed by atoms with E-state index in [2.05, 4.69) is 16.5 Å². The molecule has 1 aliphatic heterocycles. The SMILES string of the molecule is CC(Oc1ccccc1C#N)C(=O)N(C)Cc1cnn2c1CNCC2. The van der Waals surface area contributed by atoms with Gasteiger partial charge in [0.15, 0.2) is 6.10 Å². The van der Waals surface area contributed by atoms with Gasteiger partial charge in [-0.15, -0.1) is 0 Å². The van der Waals surface area contributed by atoms with Crippen LogP contribution in [0.4, 0.5) is 0 Å². The molecule has 1 aliphatic rings. The molecule has 1 amide bonds. The lowest BCUT2D eigenvalue weighted by Gasteiger charge is -2.23. The van der Waals surface area contributed by atoms with Crippen LogP contribution in [0, 0.1) is 11.3 Å². The zero-order chi connectivity index (χ0) is 17.8. The van der Waals surface area contributed by atoms with Crippen molar-refractivity contribution in [1.29, 1.82) is 5.26 Å². The number of benzene rings is 1. The molecular formula is C18H21N5O2. The van der Waals surface area contributed by atoms with Gasteiger partial charge in [0.1, 0.15) is 11.8 Å². The number of nitrogens with one attached hydrogen (secondary N) is 1. The molecule has 130 valence electrons. The van der Waals surface area contributed by atoms with Crippen LogP contribution in [0.5, 0.6) is 5.75 Å². The molecular weight excluding hydrogens is 318 g/mol. The Morgan fingerprint density at radius 3 is 3.12 bits per heavy atom. The number of para-hydroxylation sites is 1. The van der Waals surface area contributed by atoms with Crippen molar-refractivity contribution in [1.82, 2.24) is 20.0 Å². The summed E-state index contributed by atoms with van der Waals surface area (Å²) in [6.07, 6.45) is 1.15. The maximum Gasteiger partial charge on any atom is 0.263 e. The maximum absolute atomic E-state index is 12.6. The van der Waals surface area contributed by atoms with Gasteiger partial charge < -0.3 is 15.0 Å². The van der Waals surface area contributed by atoms with Gasteiger partial charge in [0.2, 0.25) is 0 Å². The zero-order valence-electron chi connectivity index (χ0n) is 14.4. The third-order valence-electron chi connectivity index (χ3n) is 4.27. The van der Waals surface area contributed by atoms with Crippen LogP contribution >= 0.6 is 0 Å². The van der Waals surface area contributed by atoms with E-state index in [4.69, 9.17) is 10.00 Å². The Hall–Kier alpha value is -2.85. The van der Waals surface area contributed by atoms with Crippen LogP contribution < -0.4 is 10.1 Å². The van der Waals surface area contributed by atoms with E-state index < -0.39 is 6.10 Å². The topological polar surface area (TPSA) is 83.2 Å². The van der Waals surface area contributed by atoms with E-state index in [9.17, 15) is 4.79 Å². The first-order chi connectivity index (χ1) is 12.1. The van der Waals surface area contributed by atoms with Crippen LogP contribution in [-0.4, -0.2) is 40.3 Å². The fraction of sp³-hybridized carbons (Fsp3) is 0.389. The third kappa shape index (κ3) is 3.64. The number of hydrogen-bond donors (Lipinski definition) is 1. The molecule has 1 N–H and O–H groups in total. The van der Waals surface area contributed by atoms with Crippen LogP contribution in [0.25, 0.3) is 0 Å². The van der Waals surface area contributed by atoms with Gasteiger partial charge in [-0.2, -0.15) is 10.4 Å². The van der Waals surface area contributed by atoms with Crippen LogP contribution in [0.1, 0.15) is 23.7 Å². The molecule has 0 radical (unpaired) electrons. The first-order valence-electron chi connectivity index (χ1n) is 8.25. The Balaban J connectivity index is 1.66. The van der Waals surface area contributed by atoms with Crippen molar-refractivity contribution in [2.45, 2.75) is 32.7 Å². The number of amides is 1. The number of nitrogens with zero attached hydrogens (tertiary/aromatic N) is 4. The number of carbonyl (C=O) groups excluding carboxylic acids is 1. The van der Waals surface area contributed by atoms with E-state index >= 15 is 0 Å². The summed E-state index contributed by atoms with van der Waals surface area (Å²) in [7, 11) is 1.75. The standard InChI is InChI=1S/C18H21N5O2/c1-13(25-17-6-4-3-5-14(17)9-19)18(24)22(2)12-15-10-21-23-8-7-20-11-16(15)23/h3-6,10,13,20H,7-8,11-12H2,1-2H3. The smallest absolute Gasteiger partial charge is 0.263 e. The largest absolute Gasteiger partial charge is 0.480 e. The summed E-state index contributed by atoms with van der Waals surface area (Å²) in [6, 6.07) is 8.98. The fourth-order valence-corrected chi connectivity index (χ4v) is 2.92. The Morgan fingerprint density at radius 2 is 2.32 bits per heavy atom. The van der Waals surface area contributed by atoms with Gasteiger partial charge in [-0.25, -0.2) is 0 Å². The monoisotopic (exact) mass is 339 g/mol.